The number of halogens is 1. The van der Waals surface area contributed by atoms with E-state index >= 15 is 0 Å². The summed E-state index contributed by atoms with van der Waals surface area (Å²) < 4.78 is 5.52. The van der Waals surface area contributed by atoms with Crippen molar-refractivity contribution >= 4 is 17.5 Å². The number of amides is 1. The SMILES string of the molecule is COc1cccc([C@H]2CN(Cc3ccccc3Cl)C[C@H]2CN(CC(C)C)C(=O)c2ccccc2)c1. The molecule has 3 aromatic carbocycles. The summed E-state index contributed by atoms with van der Waals surface area (Å²) in [5, 5.41) is 0.801. The number of benzene rings is 3. The Bertz CT molecular complexity index is 1120. The zero-order chi connectivity index (χ0) is 24.8. The van der Waals surface area contributed by atoms with Crippen LogP contribution in [0.1, 0.15) is 41.3 Å². The number of likely N-dealkylation sites (tertiary alicyclic amines) is 1. The predicted molar refractivity (Wildman–Crippen MR) is 143 cm³/mol. The zero-order valence-electron chi connectivity index (χ0n) is 20.9. The van der Waals surface area contributed by atoms with Gasteiger partial charge in [-0.3, -0.25) is 9.69 Å². The van der Waals surface area contributed by atoms with Gasteiger partial charge in [0.1, 0.15) is 5.75 Å². The van der Waals surface area contributed by atoms with E-state index in [1.54, 1.807) is 7.11 Å². The molecule has 0 N–H and O–H groups in total. The summed E-state index contributed by atoms with van der Waals surface area (Å²) in [6.07, 6.45) is 0. The minimum atomic E-state index is 0.105. The first-order valence-electron chi connectivity index (χ1n) is 12.4. The first-order valence-corrected chi connectivity index (χ1v) is 12.8. The summed E-state index contributed by atoms with van der Waals surface area (Å²) in [6.45, 7) is 8.41. The molecule has 184 valence electrons. The minimum Gasteiger partial charge on any atom is -0.497 e. The lowest BCUT2D eigenvalue weighted by atomic mass is 9.88. The third-order valence-electron chi connectivity index (χ3n) is 6.74. The number of hydrogen-bond acceptors (Lipinski definition) is 3. The summed E-state index contributed by atoms with van der Waals surface area (Å²) >= 11 is 6.49. The Morgan fingerprint density at radius 3 is 2.49 bits per heavy atom. The van der Waals surface area contributed by atoms with Crippen molar-refractivity contribution in [2.75, 3.05) is 33.3 Å². The summed E-state index contributed by atoms with van der Waals surface area (Å²) in [6, 6.07) is 26.1. The van der Waals surface area contributed by atoms with Crippen molar-refractivity contribution in [3.05, 3.63) is 101 Å². The Hall–Kier alpha value is -2.82. The van der Waals surface area contributed by atoms with Gasteiger partial charge in [0.2, 0.25) is 0 Å². The maximum atomic E-state index is 13.5. The molecule has 0 radical (unpaired) electrons. The predicted octanol–water partition coefficient (Wildman–Crippen LogP) is 6.36. The Labute approximate surface area is 214 Å². The Morgan fingerprint density at radius 2 is 1.77 bits per heavy atom. The van der Waals surface area contributed by atoms with Gasteiger partial charge in [-0.15, -0.1) is 0 Å². The third-order valence-corrected chi connectivity index (χ3v) is 7.11. The van der Waals surface area contributed by atoms with Gasteiger partial charge in [-0.1, -0.05) is 74.0 Å². The van der Waals surface area contributed by atoms with Gasteiger partial charge in [0.25, 0.3) is 5.91 Å². The third kappa shape index (κ3) is 6.45. The van der Waals surface area contributed by atoms with Crippen LogP contribution in [0.5, 0.6) is 5.75 Å². The molecule has 1 aliphatic heterocycles. The fourth-order valence-electron chi connectivity index (χ4n) is 5.12. The Morgan fingerprint density at radius 1 is 1.03 bits per heavy atom. The number of carbonyl (C=O) groups is 1. The number of carbonyl (C=O) groups excluding carboxylic acids is 1. The standard InChI is InChI=1S/C30H35ClN2O2/c1-22(2)17-33(30(34)23-10-5-4-6-11-23)20-26-19-32(18-25-12-7-8-15-29(25)31)21-28(26)24-13-9-14-27(16-24)35-3/h4-16,22,26,28H,17-21H2,1-3H3/t26-,28+/m0/s1. The highest BCUT2D eigenvalue weighted by atomic mass is 35.5. The van der Waals surface area contributed by atoms with Gasteiger partial charge < -0.3 is 9.64 Å². The fourth-order valence-corrected chi connectivity index (χ4v) is 5.32. The molecule has 0 saturated carbocycles. The van der Waals surface area contributed by atoms with Crippen LogP contribution < -0.4 is 4.74 Å². The maximum Gasteiger partial charge on any atom is 0.253 e. The van der Waals surface area contributed by atoms with Crippen molar-refractivity contribution in [3.63, 3.8) is 0 Å². The summed E-state index contributed by atoms with van der Waals surface area (Å²) in [7, 11) is 1.71. The van der Waals surface area contributed by atoms with E-state index < -0.39 is 0 Å². The Kier molecular flexibility index (Phi) is 8.48. The van der Waals surface area contributed by atoms with E-state index in [1.807, 2.05) is 54.6 Å². The van der Waals surface area contributed by atoms with Gasteiger partial charge in [-0.2, -0.15) is 0 Å². The van der Waals surface area contributed by atoms with Crippen molar-refractivity contribution < 1.29 is 9.53 Å². The van der Waals surface area contributed by atoms with Crippen LogP contribution >= 0.6 is 11.6 Å². The van der Waals surface area contributed by atoms with Crippen molar-refractivity contribution in [3.8, 4) is 5.75 Å². The first-order chi connectivity index (χ1) is 16.9. The lowest BCUT2D eigenvalue weighted by Gasteiger charge is -2.30. The molecule has 0 aromatic heterocycles. The molecule has 1 amide bonds. The van der Waals surface area contributed by atoms with E-state index in [9.17, 15) is 4.79 Å². The van der Waals surface area contributed by atoms with Crippen molar-refractivity contribution in [2.24, 2.45) is 11.8 Å². The van der Waals surface area contributed by atoms with Crippen LogP contribution in [0.4, 0.5) is 0 Å². The van der Waals surface area contributed by atoms with Gasteiger partial charge in [-0.05, 0) is 53.3 Å². The van der Waals surface area contributed by atoms with Crippen LogP contribution in [0, 0.1) is 11.8 Å². The van der Waals surface area contributed by atoms with E-state index in [-0.39, 0.29) is 5.91 Å². The summed E-state index contributed by atoms with van der Waals surface area (Å²) in [4.78, 5) is 18.0. The lowest BCUT2D eigenvalue weighted by molar-refractivity contribution is 0.0703. The van der Waals surface area contributed by atoms with Crippen LogP contribution in [0.2, 0.25) is 5.02 Å². The molecule has 0 aliphatic carbocycles. The average molecular weight is 491 g/mol. The number of hydrogen-bond donors (Lipinski definition) is 0. The molecule has 4 rings (SSSR count). The molecule has 1 saturated heterocycles. The normalized spacial score (nSPS) is 18.1. The van der Waals surface area contributed by atoms with E-state index in [0.29, 0.717) is 24.3 Å². The van der Waals surface area contributed by atoms with E-state index in [4.69, 9.17) is 16.3 Å². The summed E-state index contributed by atoms with van der Waals surface area (Å²) in [5.41, 5.74) is 3.14. The highest BCUT2D eigenvalue weighted by Gasteiger charge is 2.36. The number of ether oxygens (including phenoxy) is 1. The van der Waals surface area contributed by atoms with Gasteiger partial charge in [0.15, 0.2) is 0 Å². The van der Waals surface area contributed by atoms with Crippen LogP contribution in [-0.2, 0) is 6.54 Å². The molecule has 1 fully saturated rings. The summed E-state index contributed by atoms with van der Waals surface area (Å²) in [5.74, 6) is 1.96. The van der Waals surface area contributed by atoms with E-state index in [1.165, 1.54) is 5.56 Å². The smallest absolute Gasteiger partial charge is 0.253 e. The van der Waals surface area contributed by atoms with Crippen molar-refractivity contribution in [1.82, 2.24) is 9.80 Å². The first kappa shape index (κ1) is 25.3. The largest absolute Gasteiger partial charge is 0.497 e. The fraction of sp³-hybridized carbons (Fsp3) is 0.367. The number of nitrogens with zero attached hydrogens (tertiary/aromatic N) is 2. The maximum absolute atomic E-state index is 13.5. The second-order valence-corrected chi connectivity index (χ2v) is 10.3. The van der Waals surface area contributed by atoms with Gasteiger partial charge >= 0.3 is 0 Å². The van der Waals surface area contributed by atoms with Gasteiger partial charge in [0.05, 0.1) is 7.11 Å². The molecular formula is C30H35ClN2O2. The molecule has 1 aliphatic rings. The van der Waals surface area contributed by atoms with Crippen LogP contribution in [0.15, 0.2) is 78.9 Å². The molecule has 0 unspecified atom stereocenters. The Balaban J connectivity index is 1.61. The van der Waals surface area contributed by atoms with Crippen LogP contribution in [0.3, 0.4) is 0 Å². The van der Waals surface area contributed by atoms with Gasteiger partial charge in [0, 0.05) is 49.2 Å². The highest BCUT2D eigenvalue weighted by molar-refractivity contribution is 6.31. The number of methoxy groups -OCH3 is 1. The monoisotopic (exact) mass is 490 g/mol. The minimum absolute atomic E-state index is 0.105. The van der Waals surface area contributed by atoms with Crippen LogP contribution in [-0.4, -0.2) is 49.0 Å². The molecule has 1 heterocycles. The van der Waals surface area contributed by atoms with Gasteiger partial charge in [-0.25, -0.2) is 0 Å². The molecule has 35 heavy (non-hydrogen) atoms. The number of rotatable bonds is 9. The molecule has 3 aromatic rings. The topological polar surface area (TPSA) is 32.8 Å². The lowest BCUT2D eigenvalue weighted by Crippen LogP contribution is -2.39. The van der Waals surface area contributed by atoms with Crippen molar-refractivity contribution in [1.29, 1.82) is 0 Å². The van der Waals surface area contributed by atoms with Crippen LogP contribution in [0.25, 0.3) is 0 Å². The molecule has 0 spiro atoms. The molecule has 4 nitrogen and oxygen atoms in total. The van der Waals surface area contributed by atoms with E-state index in [0.717, 1.165) is 48.1 Å². The quantitative estimate of drug-likeness (QED) is 0.349. The molecular weight excluding hydrogens is 456 g/mol. The highest BCUT2D eigenvalue weighted by Crippen LogP contribution is 2.36. The zero-order valence-corrected chi connectivity index (χ0v) is 21.6. The molecule has 2 atom stereocenters. The molecule has 0 bridgehead atoms. The average Bonchev–Trinajstić information content (AvgIpc) is 3.27. The van der Waals surface area contributed by atoms with E-state index in [2.05, 4.69) is 47.9 Å². The van der Waals surface area contributed by atoms with Crippen molar-refractivity contribution in [2.45, 2.75) is 26.3 Å². The second-order valence-electron chi connectivity index (χ2n) is 9.90. The second kappa shape index (κ2) is 11.7. The molecule has 5 heteroatoms.